The Hall–Kier alpha value is -1.10. The molecule has 3 rings (SSSR count). The third kappa shape index (κ3) is 3.14. The maximum Gasteiger partial charge on any atom is 0.312 e. The zero-order valence-electron chi connectivity index (χ0n) is 13.9. The van der Waals surface area contributed by atoms with E-state index in [1.54, 1.807) is 4.90 Å². The van der Waals surface area contributed by atoms with Crippen molar-refractivity contribution in [2.45, 2.75) is 64.7 Å². The summed E-state index contributed by atoms with van der Waals surface area (Å²) in [5.41, 5.74) is 0. The predicted octanol–water partition coefficient (Wildman–Crippen LogP) is 1.56. The first-order valence-corrected chi connectivity index (χ1v) is 8.69. The van der Waals surface area contributed by atoms with E-state index in [1.165, 1.54) is 25.7 Å². The fraction of sp³-hybridized carbons (Fsp3) is 0.882. The molecule has 2 saturated carbocycles. The van der Waals surface area contributed by atoms with Crippen LogP contribution in [0.15, 0.2) is 0 Å². The second-order valence-corrected chi connectivity index (χ2v) is 7.57. The third-order valence-electron chi connectivity index (χ3n) is 5.69. The van der Waals surface area contributed by atoms with Crippen molar-refractivity contribution in [2.24, 2.45) is 17.8 Å². The SMILES string of the molecule is CC1CN(C(=O)C(=O)NC(C)C2CC3CCC2C3)CC(C)O1. The van der Waals surface area contributed by atoms with Gasteiger partial charge in [0, 0.05) is 19.1 Å². The lowest BCUT2D eigenvalue weighted by Crippen LogP contribution is -2.54. The molecule has 1 saturated heterocycles. The highest BCUT2D eigenvalue weighted by Crippen LogP contribution is 2.49. The van der Waals surface area contributed by atoms with Crippen LogP contribution in [-0.4, -0.2) is 48.1 Å². The summed E-state index contributed by atoms with van der Waals surface area (Å²) in [7, 11) is 0. The molecule has 3 fully saturated rings. The Morgan fingerprint density at radius 1 is 1.14 bits per heavy atom. The molecule has 5 nitrogen and oxygen atoms in total. The standard InChI is InChI=1S/C17H28N2O3/c1-10-8-19(9-11(2)22-10)17(21)16(20)18-12(3)15-7-13-4-5-14(15)6-13/h10-15H,4-9H2,1-3H3,(H,18,20). The summed E-state index contributed by atoms with van der Waals surface area (Å²) in [5.74, 6) is 1.30. The van der Waals surface area contributed by atoms with Crippen molar-refractivity contribution in [3.8, 4) is 0 Å². The quantitative estimate of drug-likeness (QED) is 0.788. The van der Waals surface area contributed by atoms with Gasteiger partial charge in [-0.05, 0) is 57.8 Å². The van der Waals surface area contributed by atoms with E-state index in [4.69, 9.17) is 4.74 Å². The van der Waals surface area contributed by atoms with E-state index in [9.17, 15) is 9.59 Å². The van der Waals surface area contributed by atoms with Crippen LogP contribution in [0.1, 0.15) is 46.5 Å². The van der Waals surface area contributed by atoms with Gasteiger partial charge in [0.25, 0.3) is 0 Å². The van der Waals surface area contributed by atoms with Gasteiger partial charge < -0.3 is 15.0 Å². The van der Waals surface area contributed by atoms with Crippen LogP contribution in [0.4, 0.5) is 0 Å². The molecule has 0 aromatic carbocycles. The average molecular weight is 308 g/mol. The predicted molar refractivity (Wildman–Crippen MR) is 83.1 cm³/mol. The van der Waals surface area contributed by atoms with Gasteiger partial charge in [-0.2, -0.15) is 0 Å². The van der Waals surface area contributed by atoms with Gasteiger partial charge in [0.1, 0.15) is 0 Å². The van der Waals surface area contributed by atoms with Crippen LogP contribution in [-0.2, 0) is 14.3 Å². The van der Waals surface area contributed by atoms with E-state index < -0.39 is 11.8 Å². The largest absolute Gasteiger partial charge is 0.372 e. The Balaban J connectivity index is 1.53. The normalized spacial score (nSPS) is 38.9. The Bertz CT molecular complexity index is 443. The lowest BCUT2D eigenvalue weighted by Gasteiger charge is -2.35. The van der Waals surface area contributed by atoms with Crippen LogP contribution in [0.25, 0.3) is 0 Å². The van der Waals surface area contributed by atoms with Gasteiger partial charge in [0.05, 0.1) is 12.2 Å². The molecule has 124 valence electrons. The number of carbonyl (C=O) groups is 2. The van der Waals surface area contributed by atoms with Crippen LogP contribution in [0.5, 0.6) is 0 Å². The minimum atomic E-state index is -0.448. The van der Waals surface area contributed by atoms with E-state index in [-0.39, 0.29) is 18.2 Å². The van der Waals surface area contributed by atoms with Crippen molar-refractivity contribution in [3.63, 3.8) is 0 Å². The number of hydrogen-bond donors (Lipinski definition) is 1. The van der Waals surface area contributed by atoms with Crippen molar-refractivity contribution in [1.82, 2.24) is 10.2 Å². The highest BCUT2D eigenvalue weighted by molar-refractivity contribution is 6.35. The minimum absolute atomic E-state index is 0.0107. The molecule has 3 aliphatic rings. The van der Waals surface area contributed by atoms with E-state index in [0.29, 0.717) is 19.0 Å². The van der Waals surface area contributed by atoms with Crippen molar-refractivity contribution in [1.29, 1.82) is 0 Å². The molecule has 0 aromatic rings. The van der Waals surface area contributed by atoms with Gasteiger partial charge in [0.2, 0.25) is 0 Å². The van der Waals surface area contributed by atoms with Gasteiger partial charge in [-0.1, -0.05) is 6.42 Å². The fourth-order valence-electron chi connectivity index (χ4n) is 4.77. The number of fused-ring (bicyclic) bond motifs is 2. The molecular weight excluding hydrogens is 280 g/mol. The molecular formula is C17H28N2O3. The number of carbonyl (C=O) groups excluding carboxylic acids is 2. The first kappa shape index (κ1) is 15.8. The molecule has 1 aliphatic heterocycles. The lowest BCUT2D eigenvalue weighted by molar-refractivity contribution is -0.153. The highest BCUT2D eigenvalue weighted by atomic mass is 16.5. The van der Waals surface area contributed by atoms with Crippen molar-refractivity contribution >= 4 is 11.8 Å². The van der Waals surface area contributed by atoms with Crippen molar-refractivity contribution in [2.75, 3.05) is 13.1 Å². The second kappa shape index (κ2) is 6.19. The number of ether oxygens (including phenoxy) is 1. The number of hydrogen-bond acceptors (Lipinski definition) is 3. The Kier molecular flexibility index (Phi) is 4.44. The smallest absolute Gasteiger partial charge is 0.312 e. The molecule has 1 heterocycles. The molecule has 1 N–H and O–H groups in total. The van der Waals surface area contributed by atoms with Crippen LogP contribution in [0.3, 0.4) is 0 Å². The average Bonchev–Trinajstić information content (AvgIpc) is 3.07. The Morgan fingerprint density at radius 3 is 2.36 bits per heavy atom. The molecule has 0 radical (unpaired) electrons. The summed E-state index contributed by atoms with van der Waals surface area (Å²) in [6, 6.07) is 0.0997. The molecule has 6 atom stereocenters. The molecule has 2 aliphatic carbocycles. The van der Waals surface area contributed by atoms with Gasteiger partial charge in [-0.3, -0.25) is 9.59 Å². The third-order valence-corrected chi connectivity index (χ3v) is 5.69. The highest BCUT2D eigenvalue weighted by Gasteiger charge is 2.42. The van der Waals surface area contributed by atoms with Crippen molar-refractivity contribution < 1.29 is 14.3 Å². The molecule has 6 unspecified atom stereocenters. The summed E-state index contributed by atoms with van der Waals surface area (Å²) in [6.07, 6.45) is 5.15. The molecule has 0 aromatic heterocycles. The van der Waals surface area contributed by atoms with Gasteiger partial charge in [0.15, 0.2) is 0 Å². The summed E-state index contributed by atoms with van der Waals surface area (Å²) >= 11 is 0. The van der Waals surface area contributed by atoms with E-state index in [0.717, 1.165) is 11.8 Å². The number of nitrogens with one attached hydrogen (secondary N) is 1. The second-order valence-electron chi connectivity index (χ2n) is 7.57. The van der Waals surface area contributed by atoms with Crippen LogP contribution < -0.4 is 5.32 Å². The van der Waals surface area contributed by atoms with Crippen LogP contribution >= 0.6 is 0 Å². The molecule has 5 heteroatoms. The zero-order valence-corrected chi connectivity index (χ0v) is 13.9. The number of nitrogens with zero attached hydrogens (tertiary/aromatic N) is 1. The molecule has 22 heavy (non-hydrogen) atoms. The molecule has 0 spiro atoms. The number of amides is 2. The fourth-order valence-corrected chi connectivity index (χ4v) is 4.77. The van der Waals surface area contributed by atoms with Crippen LogP contribution in [0, 0.1) is 17.8 Å². The van der Waals surface area contributed by atoms with Crippen molar-refractivity contribution in [3.05, 3.63) is 0 Å². The van der Waals surface area contributed by atoms with E-state index in [2.05, 4.69) is 12.2 Å². The number of morpholine rings is 1. The van der Waals surface area contributed by atoms with Gasteiger partial charge in [-0.15, -0.1) is 0 Å². The zero-order chi connectivity index (χ0) is 15.9. The summed E-state index contributed by atoms with van der Waals surface area (Å²) < 4.78 is 5.62. The molecule has 2 amide bonds. The Morgan fingerprint density at radius 2 is 1.82 bits per heavy atom. The van der Waals surface area contributed by atoms with Gasteiger partial charge in [-0.25, -0.2) is 0 Å². The van der Waals surface area contributed by atoms with Crippen LogP contribution in [0.2, 0.25) is 0 Å². The van der Waals surface area contributed by atoms with E-state index in [1.807, 2.05) is 13.8 Å². The summed E-state index contributed by atoms with van der Waals surface area (Å²) in [6.45, 7) is 6.93. The Labute approximate surface area is 132 Å². The lowest BCUT2D eigenvalue weighted by atomic mass is 9.84. The topological polar surface area (TPSA) is 58.6 Å². The van der Waals surface area contributed by atoms with Gasteiger partial charge >= 0.3 is 11.8 Å². The summed E-state index contributed by atoms with van der Waals surface area (Å²) in [4.78, 5) is 26.3. The maximum absolute atomic E-state index is 12.4. The first-order valence-electron chi connectivity index (χ1n) is 8.69. The monoisotopic (exact) mass is 308 g/mol. The van der Waals surface area contributed by atoms with E-state index >= 15 is 0 Å². The minimum Gasteiger partial charge on any atom is -0.372 e. The summed E-state index contributed by atoms with van der Waals surface area (Å²) in [5, 5.41) is 2.96. The first-order chi connectivity index (χ1) is 10.4. The molecule has 2 bridgehead atoms. The maximum atomic E-state index is 12.4. The number of rotatable bonds is 2.